The Hall–Kier alpha value is -1.59. The second-order valence-corrected chi connectivity index (χ2v) is 4.20. The summed E-state index contributed by atoms with van der Waals surface area (Å²) in [7, 11) is 0. The molecule has 1 aliphatic rings. The van der Waals surface area contributed by atoms with Crippen molar-refractivity contribution in [2.75, 3.05) is 18.6 Å². The molecule has 4 N–H and O–H groups in total. The van der Waals surface area contributed by atoms with Gasteiger partial charge in [-0.05, 0) is 37.1 Å². The summed E-state index contributed by atoms with van der Waals surface area (Å²) in [6.07, 6.45) is 1.84. The van der Waals surface area contributed by atoms with Crippen LogP contribution in [0.2, 0.25) is 0 Å². The summed E-state index contributed by atoms with van der Waals surface area (Å²) in [4.78, 5) is 13.9. The van der Waals surface area contributed by atoms with Crippen molar-refractivity contribution in [3.05, 3.63) is 29.8 Å². The number of aliphatic hydroxyl groups excluding tert-OH is 1. The first-order valence-corrected chi connectivity index (χ1v) is 5.74. The maximum atomic E-state index is 12.2. The smallest absolute Gasteiger partial charge is 0.254 e. The number of benzene rings is 1. The number of rotatable bonds is 3. The fourth-order valence-electron chi connectivity index (χ4n) is 2.17. The van der Waals surface area contributed by atoms with Crippen molar-refractivity contribution >= 4 is 11.6 Å². The van der Waals surface area contributed by atoms with E-state index < -0.39 is 0 Å². The van der Waals surface area contributed by atoms with Gasteiger partial charge in [0.15, 0.2) is 0 Å². The summed E-state index contributed by atoms with van der Waals surface area (Å²) in [6.45, 7) is 0.759. The lowest BCUT2D eigenvalue weighted by molar-refractivity contribution is 0.0677. The van der Waals surface area contributed by atoms with Crippen LogP contribution in [0.4, 0.5) is 5.69 Å². The van der Waals surface area contributed by atoms with Crippen LogP contribution in [-0.2, 0) is 0 Å². The topological polar surface area (TPSA) is 78.6 Å². The van der Waals surface area contributed by atoms with Crippen molar-refractivity contribution < 1.29 is 9.90 Å². The number of hydrogen-bond donors (Lipinski definition) is 3. The molecular weight excluding hydrogens is 218 g/mol. The maximum Gasteiger partial charge on any atom is 0.254 e. The minimum atomic E-state index is -0.0326. The highest BCUT2D eigenvalue weighted by Crippen LogP contribution is 2.20. The number of carbonyl (C=O) groups excluding carboxylic acids is 1. The van der Waals surface area contributed by atoms with Gasteiger partial charge in [-0.15, -0.1) is 0 Å². The predicted molar refractivity (Wildman–Crippen MR) is 65.4 cm³/mol. The van der Waals surface area contributed by atoms with Crippen molar-refractivity contribution in [1.82, 2.24) is 4.90 Å². The number of nitrogens with two attached hydrogens (primary N) is 1. The number of carbonyl (C=O) groups is 1. The molecule has 0 spiro atoms. The number of nitrogen functional groups attached to an aromatic ring is 1. The van der Waals surface area contributed by atoms with E-state index in [0.717, 1.165) is 25.1 Å². The van der Waals surface area contributed by atoms with Gasteiger partial charge in [0.2, 0.25) is 0 Å². The molecule has 0 aliphatic carbocycles. The number of nitrogens with one attached hydrogen (secondary N) is 1. The fraction of sp³-hybridized carbons (Fsp3) is 0.417. The molecule has 5 heteroatoms. The number of likely N-dealkylation sites (tertiary alicyclic amines) is 1. The highest BCUT2D eigenvalue weighted by molar-refractivity contribution is 5.95. The molecule has 2 rings (SSSR count). The summed E-state index contributed by atoms with van der Waals surface area (Å²) < 4.78 is 0. The third kappa shape index (κ3) is 2.40. The van der Waals surface area contributed by atoms with Crippen molar-refractivity contribution in [2.45, 2.75) is 18.9 Å². The Morgan fingerprint density at radius 3 is 2.76 bits per heavy atom. The number of amides is 1. The average molecular weight is 235 g/mol. The summed E-state index contributed by atoms with van der Waals surface area (Å²) >= 11 is 0. The zero-order valence-corrected chi connectivity index (χ0v) is 9.60. The maximum absolute atomic E-state index is 12.2. The molecule has 0 saturated carbocycles. The largest absolute Gasteiger partial charge is 0.394 e. The summed E-state index contributed by atoms with van der Waals surface area (Å²) in [5.41, 5.74) is 3.91. The number of anilines is 1. The average Bonchev–Trinajstić information content (AvgIpc) is 2.86. The van der Waals surface area contributed by atoms with Gasteiger partial charge in [-0.1, -0.05) is 0 Å². The van der Waals surface area contributed by atoms with Gasteiger partial charge in [0.25, 0.3) is 5.91 Å². The van der Waals surface area contributed by atoms with E-state index in [9.17, 15) is 9.90 Å². The summed E-state index contributed by atoms with van der Waals surface area (Å²) in [5, 5.41) is 9.19. The van der Waals surface area contributed by atoms with Gasteiger partial charge in [0.05, 0.1) is 12.6 Å². The molecule has 1 amide bonds. The van der Waals surface area contributed by atoms with Gasteiger partial charge in [-0.2, -0.15) is 0 Å². The zero-order chi connectivity index (χ0) is 12.3. The molecule has 1 saturated heterocycles. The Kier molecular flexibility index (Phi) is 3.61. The standard InChI is InChI=1S/C12H17N3O2/c13-14-10-5-3-9(4-6-10)12(17)15-7-1-2-11(15)8-16/h3-6,11,14,16H,1-2,7-8,13H2. The Bertz CT molecular complexity index is 391. The zero-order valence-electron chi connectivity index (χ0n) is 9.60. The van der Waals surface area contributed by atoms with Gasteiger partial charge in [0, 0.05) is 17.8 Å². The lowest BCUT2D eigenvalue weighted by Crippen LogP contribution is -2.37. The molecule has 0 bridgehead atoms. The SMILES string of the molecule is NNc1ccc(C(=O)N2CCCC2CO)cc1. The highest BCUT2D eigenvalue weighted by atomic mass is 16.3. The molecule has 5 nitrogen and oxygen atoms in total. The van der Waals surface area contributed by atoms with Gasteiger partial charge in [-0.25, -0.2) is 0 Å². The molecule has 1 aliphatic heterocycles. The fourth-order valence-corrected chi connectivity index (χ4v) is 2.17. The minimum Gasteiger partial charge on any atom is -0.394 e. The van der Waals surface area contributed by atoms with E-state index in [2.05, 4.69) is 5.43 Å². The van der Waals surface area contributed by atoms with Crippen LogP contribution in [0.3, 0.4) is 0 Å². The monoisotopic (exact) mass is 235 g/mol. The highest BCUT2D eigenvalue weighted by Gasteiger charge is 2.28. The van der Waals surface area contributed by atoms with E-state index in [4.69, 9.17) is 5.84 Å². The number of aliphatic hydroxyl groups is 1. The van der Waals surface area contributed by atoms with Crippen molar-refractivity contribution in [1.29, 1.82) is 0 Å². The lowest BCUT2D eigenvalue weighted by atomic mass is 10.1. The number of hydrogen-bond acceptors (Lipinski definition) is 4. The Morgan fingerprint density at radius 2 is 2.18 bits per heavy atom. The van der Waals surface area contributed by atoms with Crippen LogP contribution in [-0.4, -0.2) is 35.1 Å². The third-order valence-corrected chi connectivity index (χ3v) is 3.15. The first-order valence-electron chi connectivity index (χ1n) is 5.74. The van der Waals surface area contributed by atoms with Gasteiger partial charge >= 0.3 is 0 Å². The third-order valence-electron chi connectivity index (χ3n) is 3.15. The first-order chi connectivity index (χ1) is 8.26. The van der Waals surface area contributed by atoms with Crippen molar-refractivity contribution in [2.24, 2.45) is 5.84 Å². The van der Waals surface area contributed by atoms with E-state index in [0.29, 0.717) is 5.56 Å². The molecule has 1 fully saturated rings. The van der Waals surface area contributed by atoms with Gasteiger partial charge < -0.3 is 15.4 Å². The summed E-state index contributed by atoms with van der Waals surface area (Å²) in [5.74, 6) is 5.24. The van der Waals surface area contributed by atoms with E-state index in [-0.39, 0.29) is 18.6 Å². The molecule has 0 aromatic heterocycles. The normalized spacial score (nSPS) is 19.4. The molecule has 1 unspecified atom stereocenters. The quantitative estimate of drug-likeness (QED) is 0.528. The van der Waals surface area contributed by atoms with Crippen LogP contribution >= 0.6 is 0 Å². The van der Waals surface area contributed by atoms with E-state index >= 15 is 0 Å². The van der Waals surface area contributed by atoms with E-state index in [1.54, 1.807) is 29.2 Å². The first kappa shape index (κ1) is 11.9. The molecule has 92 valence electrons. The second-order valence-electron chi connectivity index (χ2n) is 4.20. The van der Waals surface area contributed by atoms with Crippen LogP contribution in [0.15, 0.2) is 24.3 Å². The minimum absolute atomic E-state index is 0.0230. The lowest BCUT2D eigenvalue weighted by Gasteiger charge is -2.23. The van der Waals surface area contributed by atoms with Crippen molar-refractivity contribution in [3.63, 3.8) is 0 Å². The van der Waals surface area contributed by atoms with Crippen LogP contribution < -0.4 is 11.3 Å². The Labute approximate surface area is 100 Å². The van der Waals surface area contributed by atoms with Gasteiger partial charge in [0.1, 0.15) is 0 Å². The second kappa shape index (κ2) is 5.16. The van der Waals surface area contributed by atoms with Crippen LogP contribution in [0.5, 0.6) is 0 Å². The van der Waals surface area contributed by atoms with Gasteiger partial charge in [-0.3, -0.25) is 10.6 Å². The Morgan fingerprint density at radius 1 is 1.47 bits per heavy atom. The Balaban J connectivity index is 2.13. The number of nitrogens with zero attached hydrogens (tertiary/aromatic N) is 1. The van der Waals surface area contributed by atoms with Crippen LogP contribution in [0, 0.1) is 0 Å². The molecule has 1 aromatic rings. The van der Waals surface area contributed by atoms with Crippen LogP contribution in [0.25, 0.3) is 0 Å². The number of hydrazine groups is 1. The molecule has 0 radical (unpaired) electrons. The summed E-state index contributed by atoms with van der Waals surface area (Å²) in [6, 6.07) is 6.97. The van der Waals surface area contributed by atoms with E-state index in [1.807, 2.05) is 0 Å². The predicted octanol–water partition coefficient (Wildman–Crippen LogP) is 0.569. The molecule has 1 atom stereocenters. The van der Waals surface area contributed by atoms with Crippen LogP contribution in [0.1, 0.15) is 23.2 Å². The molecule has 1 aromatic carbocycles. The molecule has 1 heterocycles. The van der Waals surface area contributed by atoms with E-state index in [1.165, 1.54) is 0 Å². The van der Waals surface area contributed by atoms with Crippen molar-refractivity contribution in [3.8, 4) is 0 Å². The molecular formula is C12H17N3O2. The molecule has 17 heavy (non-hydrogen) atoms.